The second kappa shape index (κ2) is 6.22. The molecule has 0 aromatic heterocycles. The van der Waals surface area contributed by atoms with Crippen molar-refractivity contribution in [2.45, 2.75) is 9.79 Å². The predicted molar refractivity (Wildman–Crippen MR) is 91.1 cm³/mol. The molecule has 0 bridgehead atoms. The molecule has 2 aromatic carbocycles. The highest BCUT2D eigenvalue weighted by Gasteiger charge is 2.28. The van der Waals surface area contributed by atoms with Crippen LogP contribution in [0.4, 0.5) is 11.4 Å². The number of halogens is 1. The lowest BCUT2D eigenvalue weighted by Gasteiger charge is -2.31. The van der Waals surface area contributed by atoms with Crippen LogP contribution in [0, 0.1) is 0 Å². The van der Waals surface area contributed by atoms with Crippen LogP contribution >= 0.6 is 27.7 Å². The molecule has 0 aliphatic carbocycles. The van der Waals surface area contributed by atoms with Crippen LogP contribution < -0.4 is 14.4 Å². The Kier molecular flexibility index (Phi) is 4.31. The number of carbonyl (C=O) groups is 1. The van der Waals surface area contributed by atoms with Gasteiger partial charge >= 0.3 is 0 Å². The van der Waals surface area contributed by atoms with Crippen molar-refractivity contribution >= 4 is 45.0 Å². The minimum absolute atomic E-state index is 0.0156. The van der Waals surface area contributed by atoms with Gasteiger partial charge in [-0.1, -0.05) is 27.7 Å². The summed E-state index contributed by atoms with van der Waals surface area (Å²) in [5.41, 5.74) is 1.74. The molecule has 0 radical (unpaired) electrons. The Labute approximate surface area is 141 Å². The van der Waals surface area contributed by atoms with Crippen molar-refractivity contribution in [3.63, 3.8) is 0 Å². The summed E-state index contributed by atoms with van der Waals surface area (Å²) >= 11 is 4.87. The molecule has 0 unspecified atom stereocenters. The zero-order valence-corrected chi connectivity index (χ0v) is 14.5. The maximum absolute atomic E-state index is 12.4. The lowest BCUT2D eigenvalue weighted by Crippen LogP contribution is -2.29. The first-order chi connectivity index (χ1) is 10.7. The third-order valence-corrected chi connectivity index (χ3v) is 4.97. The highest BCUT2D eigenvalue weighted by molar-refractivity contribution is 9.09. The van der Waals surface area contributed by atoms with Gasteiger partial charge in [0, 0.05) is 9.79 Å². The Morgan fingerprint density at radius 2 is 1.55 bits per heavy atom. The van der Waals surface area contributed by atoms with Crippen LogP contribution in [0.3, 0.4) is 0 Å². The van der Waals surface area contributed by atoms with Gasteiger partial charge in [-0.05, 0) is 36.4 Å². The molecule has 6 heteroatoms. The van der Waals surface area contributed by atoms with Gasteiger partial charge in [0.25, 0.3) is 0 Å². The van der Waals surface area contributed by atoms with Crippen LogP contribution in [0.15, 0.2) is 46.2 Å². The van der Waals surface area contributed by atoms with Gasteiger partial charge in [-0.15, -0.1) is 0 Å². The van der Waals surface area contributed by atoms with E-state index in [1.807, 2.05) is 36.4 Å². The fourth-order valence-electron chi connectivity index (χ4n) is 2.35. The second-order valence-corrected chi connectivity index (χ2v) is 6.28. The van der Waals surface area contributed by atoms with Crippen LogP contribution in [0.2, 0.25) is 0 Å². The first kappa shape index (κ1) is 15.2. The van der Waals surface area contributed by atoms with Crippen molar-refractivity contribution in [3.05, 3.63) is 36.4 Å². The normalized spacial score (nSPS) is 12.4. The smallest absolute Gasteiger partial charge is 0.242 e. The molecule has 0 atom stereocenters. The van der Waals surface area contributed by atoms with E-state index in [9.17, 15) is 4.79 Å². The number of nitrogens with zero attached hydrogens (tertiary/aromatic N) is 1. The molecule has 0 saturated carbocycles. The summed E-state index contributed by atoms with van der Waals surface area (Å²) in [6.45, 7) is 0. The summed E-state index contributed by atoms with van der Waals surface area (Å²) in [5, 5.41) is 0.259. The largest absolute Gasteiger partial charge is 0.497 e. The average Bonchev–Trinajstić information content (AvgIpc) is 2.57. The Morgan fingerprint density at radius 1 is 1.05 bits per heavy atom. The van der Waals surface area contributed by atoms with E-state index < -0.39 is 0 Å². The number of hydrogen-bond donors (Lipinski definition) is 0. The van der Waals surface area contributed by atoms with Crippen LogP contribution in [-0.4, -0.2) is 25.5 Å². The highest BCUT2D eigenvalue weighted by atomic mass is 79.9. The van der Waals surface area contributed by atoms with E-state index in [1.165, 1.54) is 0 Å². The van der Waals surface area contributed by atoms with Crippen LogP contribution in [0.1, 0.15) is 0 Å². The molecule has 22 heavy (non-hydrogen) atoms. The Balaban J connectivity index is 2.16. The van der Waals surface area contributed by atoms with E-state index in [0.29, 0.717) is 0 Å². The number of hydrogen-bond acceptors (Lipinski definition) is 4. The van der Waals surface area contributed by atoms with Gasteiger partial charge in [0.2, 0.25) is 5.91 Å². The zero-order chi connectivity index (χ0) is 15.7. The van der Waals surface area contributed by atoms with Crippen molar-refractivity contribution in [1.82, 2.24) is 0 Å². The number of alkyl halides is 1. The molecule has 0 N–H and O–H groups in total. The third kappa shape index (κ3) is 2.57. The lowest BCUT2D eigenvalue weighted by atomic mass is 10.2. The minimum atomic E-state index is -0.0156. The molecule has 1 aliphatic rings. The lowest BCUT2D eigenvalue weighted by molar-refractivity contribution is -0.115. The third-order valence-electron chi connectivity index (χ3n) is 3.40. The van der Waals surface area contributed by atoms with Crippen molar-refractivity contribution < 1.29 is 14.3 Å². The van der Waals surface area contributed by atoms with Crippen molar-refractivity contribution in [2.24, 2.45) is 0 Å². The van der Waals surface area contributed by atoms with E-state index in [1.54, 1.807) is 30.9 Å². The summed E-state index contributed by atoms with van der Waals surface area (Å²) < 4.78 is 10.6. The van der Waals surface area contributed by atoms with Crippen molar-refractivity contribution in [2.75, 3.05) is 24.4 Å². The highest BCUT2D eigenvalue weighted by Crippen LogP contribution is 2.50. The minimum Gasteiger partial charge on any atom is -0.497 e. The first-order valence-electron chi connectivity index (χ1n) is 6.60. The zero-order valence-electron chi connectivity index (χ0n) is 12.1. The van der Waals surface area contributed by atoms with Gasteiger partial charge in [-0.2, -0.15) is 0 Å². The summed E-state index contributed by atoms with van der Waals surface area (Å²) in [6, 6.07) is 11.4. The molecule has 114 valence electrons. The van der Waals surface area contributed by atoms with Crippen molar-refractivity contribution in [3.8, 4) is 11.5 Å². The van der Waals surface area contributed by atoms with Gasteiger partial charge < -0.3 is 9.47 Å². The van der Waals surface area contributed by atoms with Crippen molar-refractivity contribution in [1.29, 1.82) is 0 Å². The summed E-state index contributed by atoms with van der Waals surface area (Å²) in [6.07, 6.45) is 0. The summed E-state index contributed by atoms with van der Waals surface area (Å²) in [5.74, 6) is 1.52. The molecule has 3 rings (SSSR count). The number of carbonyl (C=O) groups excluding carboxylic acids is 1. The van der Waals surface area contributed by atoms with E-state index in [2.05, 4.69) is 15.9 Å². The number of amides is 1. The fourth-order valence-corrected chi connectivity index (χ4v) is 3.72. The molecule has 0 fully saturated rings. The van der Waals surface area contributed by atoms with Gasteiger partial charge in [-0.3, -0.25) is 9.69 Å². The van der Waals surface area contributed by atoms with Gasteiger partial charge in [0.05, 0.1) is 30.9 Å². The SMILES string of the molecule is COc1ccc2c(c1)Sc1cc(OC)ccc1N2C(=O)CBr. The molecule has 0 saturated heterocycles. The number of rotatable bonds is 3. The monoisotopic (exact) mass is 379 g/mol. The number of anilines is 2. The van der Waals surface area contributed by atoms with Gasteiger partial charge in [-0.25, -0.2) is 0 Å². The quantitative estimate of drug-likeness (QED) is 0.748. The van der Waals surface area contributed by atoms with E-state index >= 15 is 0 Å². The molecular weight excluding hydrogens is 366 g/mol. The van der Waals surface area contributed by atoms with Crippen LogP contribution in [0.25, 0.3) is 0 Å². The molecule has 1 aliphatic heterocycles. The van der Waals surface area contributed by atoms with E-state index in [4.69, 9.17) is 9.47 Å². The molecule has 1 amide bonds. The second-order valence-electron chi connectivity index (χ2n) is 4.63. The summed E-state index contributed by atoms with van der Waals surface area (Å²) in [4.78, 5) is 16.1. The Morgan fingerprint density at radius 3 is 1.95 bits per heavy atom. The van der Waals surface area contributed by atoms with Gasteiger partial charge in [0.1, 0.15) is 11.5 Å². The van der Waals surface area contributed by atoms with Crippen LogP contribution in [-0.2, 0) is 4.79 Å². The molecule has 2 aromatic rings. The van der Waals surface area contributed by atoms with E-state index in [-0.39, 0.29) is 11.2 Å². The standard InChI is InChI=1S/C16H14BrNO3S/c1-20-10-3-5-12-14(7-10)22-15-8-11(21-2)4-6-13(15)18(12)16(19)9-17/h3-8H,9H2,1-2H3. The first-order valence-corrected chi connectivity index (χ1v) is 8.54. The average molecular weight is 380 g/mol. The number of benzene rings is 2. The molecule has 4 nitrogen and oxygen atoms in total. The molecular formula is C16H14BrNO3S. The number of methoxy groups -OCH3 is 2. The number of fused-ring (bicyclic) bond motifs is 2. The van der Waals surface area contributed by atoms with Gasteiger partial charge in [0.15, 0.2) is 0 Å². The maximum atomic E-state index is 12.4. The molecule has 1 heterocycles. The molecule has 0 spiro atoms. The Bertz CT molecular complexity index is 682. The van der Waals surface area contributed by atoms with E-state index in [0.717, 1.165) is 32.7 Å². The Hall–Kier alpha value is -1.66. The van der Waals surface area contributed by atoms with Crippen LogP contribution in [0.5, 0.6) is 11.5 Å². The predicted octanol–water partition coefficient (Wildman–Crippen LogP) is 4.23. The summed E-state index contributed by atoms with van der Waals surface area (Å²) in [7, 11) is 3.27. The number of ether oxygens (including phenoxy) is 2. The maximum Gasteiger partial charge on any atom is 0.242 e. The topological polar surface area (TPSA) is 38.8 Å². The fraction of sp³-hybridized carbons (Fsp3) is 0.188.